The zero-order chi connectivity index (χ0) is 59.3. The third-order valence-electron chi connectivity index (χ3n) is 18.1. The number of rotatable bonds is 17. The van der Waals surface area contributed by atoms with Crippen LogP contribution in [-0.4, -0.2) is 5.11 Å². The first-order chi connectivity index (χ1) is 42.2. The summed E-state index contributed by atoms with van der Waals surface area (Å²) in [5.41, 5.74) is 20.8. The normalized spacial score (nSPS) is 13.3. The third kappa shape index (κ3) is 11.3. The lowest BCUT2D eigenvalue weighted by molar-refractivity contribution is 0.417. The van der Waals surface area contributed by atoms with Gasteiger partial charge in [-0.3, -0.25) is 0 Å². The van der Waals surface area contributed by atoms with Gasteiger partial charge in [-0.2, -0.15) is 0 Å². The first-order valence-electron chi connectivity index (χ1n) is 31.5. The summed E-state index contributed by atoms with van der Waals surface area (Å²) in [4.78, 5) is 2.54. The fourth-order valence-electron chi connectivity index (χ4n) is 13.8. The molecule has 4 heteroatoms. The topological polar surface area (TPSA) is 48.6 Å². The van der Waals surface area contributed by atoms with Crippen molar-refractivity contribution in [3.8, 4) is 22.3 Å². The van der Waals surface area contributed by atoms with Crippen LogP contribution in [0.15, 0.2) is 235 Å². The minimum atomic E-state index is 0.301. The zero-order valence-electron chi connectivity index (χ0n) is 51.0. The number of aliphatic hydroxyl groups excluding tert-OH is 1. The van der Waals surface area contributed by atoms with Crippen molar-refractivity contribution in [1.29, 1.82) is 0 Å². The van der Waals surface area contributed by atoms with E-state index in [1.807, 2.05) is 36.4 Å². The number of nitrogens with zero attached hydrogens (tertiary/aromatic N) is 1. The highest BCUT2D eigenvalue weighted by Gasteiger charge is 2.29. The molecule has 13 rings (SSSR count). The number of furan rings is 1. The first-order valence-corrected chi connectivity index (χ1v) is 31.5. The maximum Gasteiger partial charge on any atom is 0.159 e. The molecule has 0 unspecified atom stereocenters. The fraction of sp³-hybridized carbons (Fsp3) is 0.220. The zero-order valence-corrected chi connectivity index (χ0v) is 51.0. The van der Waals surface area contributed by atoms with E-state index >= 15 is 0 Å². The van der Waals surface area contributed by atoms with Crippen LogP contribution in [0.4, 0.5) is 28.4 Å². The monoisotopic (exact) mass is 1120 g/mol. The highest BCUT2D eigenvalue weighted by atomic mass is 16.3. The molecule has 0 radical (unpaired) electrons. The van der Waals surface area contributed by atoms with Crippen molar-refractivity contribution in [3.05, 3.63) is 264 Å². The van der Waals surface area contributed by atoms with Crippen molar-refractivity contribution >= 4 is 88.3 Å². The van der Waals surface area contributed by atoms with Crippen LogP contribution >= 0.6 is 0 Å². The maximum absolute atomic E-state index is 9.90. The molecule has 0 aliphatic heterocycles. The number of allylic oxidation sites excluding steroid dienone is 5. The largest absolute Gasteiger partial charge is 0.512 e. The second kappa shape index (κ2) is 25.6. The van der Waals surface area contributed by atoms with Crippen LogP contribution in [0, 0.1) is 13.8 Å². The fourth-order valence-corrected chi connectivity index (χ4v) is 13.8. The Labute approximate surface area is 509 Å². The van der Waals surface area contributed by atoms with E-state index in [0.29, 0.717) is 17.6 Å². The van der Waals surface area contributed by atoms with Crippen LogP contribution in [0.1, 0.15) is 131 Å². The Morgan fingerprint density at radius 2 is 1.26 bits per heavy atom. The molecule has 0 amide bonds. The number of aryl methyl sites for hydroxylation is 3. The predicted molar refractivity (Wildman–Crippen MR) is 371 cm³/mol. The van der Waals surface area contributed by atoms with Gasteiger partial charge in [0.25, 0.3) is 0 Å². The number of fused-ring (bicyclic) bond motifs is 3. The van der Waals surface area contributed by atoms with Crippen LogP contribution in [0.3, 0.4) is 0 Å². The standard InChI is InChI=1S/C62H60N2O.C20H20O/c1-5-16-42(17-6-2)54-38-56(63-45-30-26-40(4)27-31-45)52-36-34-49-55(44-20-12-9-13-21-44)39-58(53-37-35-48(54)59(52)60(49)53)64(46-32-28-41(7-3)29-33-46)57-25-15-24-51-50-23-14-22-47(61(50)65-62(51)57)43-18-10-8-11-19-43;1-4-5-12-20(16(3)21)18-11-8-10-17(14-18)19-13-7-6-9-15(19)2/h8,10-11,14-15,18-19,22-39,42,44,63H,5-7,9,12-13,16-17,20-21H2,1-4H3;4-14,21H,1H2,2-3H3/b;12-5-,20-16-. The quantitative estimate of drug-likeness (QED) is 0.0542. The molecule has 1 heterocycles. The van der Waals surface area contributed by atoms with Crippen molar-refractivity contribution in [2.45, 2.75) is 118 Å². The van der Waals surface area contributed by atoms with Gasteiger partial charge in [0.05, 0.1) is 17.1 Å². The van der Waals surface area contributed by atoms with Gasteiger partial charge in [-0.25, -0.2) is 0 Å². The number of hydrogen-bond acceptors (Lipinski definition) is 4. The number of anilines is 5. The number of benzene rings is 11. The van der Waals surface area contributed by atoms with E-state index in [2.05, 4.69) is 227 Å². The Morgan fingerprint density at radius 1 is 0.605 bits per heavy atom. The summed E-state index contributed by atoms with van der Waals surface area (Å²) in [6.45, 7) is 16.6. The highest BCUT2D eigenvalue weighted by Crippen LogP contribution is 2.53. The molecular formula is C82H80N2O2. The lowest BCUT2D eigenvalue weighted by Crippen LogP contribution is -2.13. The first kappa shape index (κ1) is 57.3. The molecule has 0 spiro atoms. The number of para-hydroxylation sites is 2. The maximum atomic E-state index is 9.90. The van der Waals surface area contributed by atoms with Crippen molar-refractivity contribution in [2.24, 2.45) is 0 Å². The van der Waals surface area contributed by atoms with Gasteiger partial charge in [-0.15, -0.1) is 0 Å². The van der Waals surface area contributed by atoms with Gasteiger partial charge >= 0.3 is 0 Å². The Bertz CT molecular complexity index is 4410. The summed E-state index contributed by atoms with van der Waals surface area (Å²) in [6, 6.07) is 73.6. The molecule has 1 saturated carbocycles. The van der Waals surface area contributed by atoms with E-state index in [-0.39, 0.29) is 0 Å². The molecule has 1 aliphatic carbocycles. The van der Waals surface area contributed by atoms with Gasteiger partial charge in [-0.05, 0) is 179 Å². The molecule has 86 heavy (non-hydrogen) atoms. The molecule has 2 N–H and O–H groups in total. The number of hydrogen-bond donors (Lipinski definition) is 2. The Hall–Kier alpha value is -9.12. The van der Waals surface area contributed by atoms with Crippen molar-refractivity contribution < 1.29 is 9.52 Å². The van der Waals surface area contributed by atoms with Crippen molar-refractivity contribution in [2.75, 3.05) is 10.2 Å². The Kier molecular flexibility index (Phi) is 17.1. The molecule has 0 atom stereocenters. The van der Waals surface area contributed by atoms with Crippen LogP contribution < -0.4 is 10.2 Å². The van der Waals surface area contributed by atoms with Gasteiger partial charge in [-0.1, -0.05) is 235 Å². The second-order valence-electron chi connectivity index (χ2n) is 23.8. The van der Waals surface area contributed by atoms with Gasteiger partial charge in [0.15, 0.2) is 5.58 Å². The van der Waals surface area contributed by atoms with E-state index in [1.165, 1.54) is 122 Å². The summed E-state index contributed by atoms with van der Waals surface area (Å²) >= 11 is 0. The molecule has 12 aromatic rings. The van der Waals surface area contributed by atoms with Crippen LogP contribution in [0.5, 0.6) is 0 Å². The average Bonchev–Trinajstić information content (AvgIpc) is 0.824. The van der Waals surface area contributed by atoms with Crippen LogP contribution in [-0.2, 0) is 6.42 Å². The van der Waals surface area contributed by atoms with E-state index in [9.17, 15) is 5.11 Å². The van der Waals surface area contributed by atoms with Gasteiger partial charge in [0, 0.05) is 49.7 Å². The van der Waals surface area contributed by atoms with Crippen molar-refractivity contribution in [1.82, 2.24) is 0 Å². The van der Waals surface area contributed by atoms with Gasteiger partial charge < -0.3 is 19.7 Å². The van der Waals surface area contributed by atoms with E-state index in [0.717, 1.165) is 86.1 Å². The van der Waals surface area contributed by atoms with E-state index in [1.54, 1.807) is 13.0 Å². The molecule has 0 saturated heterocycles. The SMILES string of the molecule is C=C/C=C\C(=C(/C)O)c1cccc(-c2ccccc2C)c1.CCCC(CCC)c1cc(Nc2ccc(C)cc2)c2ccc3c(C4CCCCC4)cc(N(c4ccc(CC)cc4)c4cccc5c4oc4c(-c6ccccc6)cccc45)c4ccc1c2c34. The molecule has 1 aliphatic rings. The number of aliphatic hydroxyl groups is 1. The molecule has 1 aromatic heterocycles. The van der Waals surface area contributed by atoms with E-state index in [4.69, 9.17) is 4.42 Å². The molecule has 0 bridgehead atoms. The van der Waals surface area contributed by atoms with Crippen LogP contribution in [0.25, 0.3) is 82.1 Å². The Morgan fingerprint density at radius 3 is 1.98 bits per heavy atom. The minimum absolute atomic E-state index is 0.301. The minimum Gasteiger partial charge on any atom is -0.512 e. The molecule has 430 valence electrons. The van der Waals surface area contributed by atoms with Gasteiger partial charge in [0.1, 0.15) is 5.58 Å². The number of nitrogens with one attached hydrogen (secondary N) is 1. The summed E-state index contributed by atoms with van der Waals surface area (Å²) < 4.78 is 7.23. The summed E-state index contributed by atoms with van der Waals surface area (Å²) in [5, 5.41) is 24.3. The molecular weight excluding hydrogens is 1040 g/mol. The predicted octanol–water partition coefficient (Wildman–Crippen LogP) is 24.7. The summed E-state index contributed by atoms with van der Waals surface area (Å²) in [7, 11) is 0. The van der Waals surface area contributed by atoms with E-state index < -0.39 is 0 Å². The average molecular weight is 1130 g/mol. The lowest BCUT2D eigenvalue weighted by atomic mass is 9.78. The summed E-state index contributed by atoms with van der Waals surface area (Å²) in [6.07, 6.45) is 17.4. The molecule has 1 fully saturated rings. The smallest absolute Gasteiger partial charge is 0.159 e. The van der Waals surface area contributed by atoms with Gasteiger partial charge in [0.2, 0.25) is 0 Å². The third-order valence-corrected chi connectivity index (χ3v) is 18.1. The summed E-state index contributed by atoms with van der Waals surface area (Å²) in [5.74, 6) is 1.27. The Balaban J connectivity index is 0.000000292. The van der Waals surface area contributed by atoms with Crippen molar-refractivity contribution in [3.63, 3.8) is 0 Å². The molecule has 11 aromatic carbocycles. The van der Waals surface area contributed by atoms with Crippen LogP contribution in [0.2, 0.25) is 0 Å². The highest BCUT2D eigenvalue weighted by molar-refractivity contribution is 6.29. The molecule has 4 nitrogen and oxygen atoms in total. The second-order valence-corrected chi connectivity index (χ2v) is 23.8. The lowest BCUT2D eigenvalue weighted by Gasteiger charge is -2.31.